The molecule has 15 heavy (non-hydrogen) atoms. The van der Waals surface area contributed by atoms with Crippen LogP contribution in [0.4, 0.5) is 0 Å². The van der Waals surface area contributed by atoms with Gasteiger partial charge in [-0.3, -0.25) is 9.97 Å². The summed E-state index contributed by atoms with van der Waals surface area (Å²) in [6.07, 6.45) is 1.87. The van der Waals surface area contributed by atoms with E-state index < -0.39 is 0 Å². The summed E-state index contributed by atoms with van der Waals surface area (Å²) < 4.78 is 0. The fourth-order valence-electron chi connectivity index (χ4n) is 1.39. The molecule has 2 heterocycles. The molecule has 2 aromatic heterocycles. The first-order chi connectivity index (χ1) is 7.16. The van der Waals surface area contributed by atoms with Crippen molar-refractivity contribution in [3.05, 3.63) is 47.3 Å². The Labute approximate surface area is 90.0 Å². The third kappa shape index (κ3) is 2.04. The van der Waals surface area contributed by atoms with Crippen LogP contribution >= 0.6 is 0 Å². The van der Waals surface area contributed by atoms with Crippen molar-refractivity contribution in [2.45, 2.75) is 20.8 Å². The van der Waals surface area contributed by atoms with Gasteiger partial charge < -0.3 is 0 Å². The normalized spacial score (nSPS) is 10.3. The van der Waals surface area contributed by atoms with Gasteiger partial charge in [0.25, 0.3) is 0 Å². The lowest BCUT2D eigenvalue weighted by atomic mass is 10.1. The molecule has 0 spiro atoms. The molecule has 2 rings (SSSR count). The molecule has 0 aliphatic rings. The van der Waals surface area contributed by atoms with E-state index in [2.05, 4.69) is 29.0 Å². The Bertz CT molecular complexity index is 472. The average Bonchev–Trinajstić information content (AvgIpc) is 2.23. The minimum Gasteiger partial charge on any atom is -0.254 e. The molecule has 2 aromatic rings. The van der Waals surface area contributed by atoms with Crippen LogP contribution < -0.4 is 0 Å². The van der Waals surface area contributed by atoms with Gasteiger partial charge in [-0.15, -0.1) is 0 Å². The van der Waals surface area contributed by atoms with Gasteiger partial charge in [0.1, 0.15) is 0 Å². The molecule has 0 radical (unpaired) electrons. The van der Waals surface area contributed by atoms with Crippen LogP contribution in [0.3, 0.4) is 0 Å². The Morgan fingerprint density at radius 3 is 2.20 bits per heavy atom. The first kappa shape index (κ1) is 9.84. The maximum absolute atomic E-state index is 4.51. The van der Waals surface area contributed by atoms with E-state index in [1.54, 1.807) is 0 Å². The van der Waals surface area contributed by atoms with Crippen molar-refractivity contribution < 1.29 is 0 Å². The van der Waals surface area contributed by atoms with E-state index in [0.29, 0.717) is 0 Å². The van der Waals surface area contributed by atoms with Gasteiger partial charge in [-0.2, -0.15) is 0 Å². The molecule has 76 valence electrons. The summed E-state index contributed by atoms with van der Waals surface area (Å²) in [7, 11) is 0. The summed E-state index contributed by atoms with van der Waals surface area (Å²) in [4.78, 5) is 8.87. The van der Waals surface area contributed by atoms with Crippen LogP contribution in [0.1, 0.15) is 16.8 Å². The van der Waals surface area contributed by atoms with Crippen molar-refractivity contribution in [3.8, 4) is 11.4 Å². The first-order valence-electron chi connectivity index (χ1n) is 5.04. The van der Waals surface area contributed by atoms with E-state index in [1.165, 1.54) is 11.1 Å². The Kier molecular flexibility index (Phi) is 2.50. The Balaban J connectivity index is 2.45. The number of nitrogens with zero attached hydrogens (tertiary/aromatic N) is 2. The Hall–Kier alpha value is -1.70. The van der Waals surface area contributed by atoms with Gasteiger partial charge in [0.05, 0.1) is 11.4 Å². The summed E-state index contributed by atoms with van der Waals surface area (Å²) in [6, 6.07) is 8.16. The van der Waals surface area contributed by atoms with Crippen LogP contribution in [0.5, 0.6) is 0 Å². The highest BCUT2D eigenvalue weighted by atomic mass is 14.8. The van der Waals surface area contributed by atoms with Gasteiger partial charge in [0, 0.05) is 11.9 Å². The standard InChI is InChI=1S/C13H14N2/c1-9-4-6-12(14-8-9)13-7-5-10(2)11(3)15-13/h4-8H,1-3H3. The van der Waals surface area contributed by atoms with E-state index in [1.807, 2.05) is 32.2 Å². The number of hydrogen-bond donors (Lipinski definition) is 0. The van der Waals surface area contributed by atoms with Crippen LogP contribution in [-0.2, 0) is 0 Å². The van der Waals surface area contributed by atoms with Gasteiger partial charge in [-0.25, -0.2) is 0 Å². The molecule has 0 saturated heterocycles. The predicted octanol–water partition coefficient (Wildman–Crippen LogP) is 3.07. The van der Waals surface area contributed by atoms with Crippen molar-refractivity contribution in [1.29, 1.82) is 0 Å². The van der Waals surface area contributed by atoms with Crippen LogP contribution in [0.15, 0.2) is 30.5 Å². The maximum Gasteiger partial charge on any atom is 0.0889 e. The van der Waals surface area contributed by atoms with E-state index in [9.17, 15) is 0 Å². The third-order valence-electron chi connectivity index (χ3n) is 2.52. The minimum absolute atomic E-state index is 0.934. The molecule has 0 aliphatic heterocycles. The highest BCUT2D eigenvalue weighted by Gasteiger charge is 2.01. The summed E-state index contributed by atoms with van der Waals surface area (Å²) in [6.45, 7) is 6.12. The van der Waals surface area contributed by atoms with Gasteiger partial charge in [0.2, 0.25) is 0 Å². The second-order valence-electron chi connectivity index (χ2n) is 3.82. The average molecular weight is 198 g/mol. The summed E-state index contributed by atoms with van der Waals surface area (Å²) in [5.41, 5.74) is 5.32. The SMILES string of the molecule is Cc1ccc(-c2ccc(C)c(C)n2)nc1. The molecule has 0 N–H and O–H groups in total. The Morgan fingerprint density at radius 1 is 0.867 bits per heavy atom. The molecule has 2 nitrogen and oxygen atoms in total. The molecule has 0 atom stereocenters. The quantitative estimate of drug-likeness (QED) is 0.703. The largest absolute Gasteiger partial charge is 0.254 e. The predicted molar refractivity (Wildman–Crippen MR) is 61.7 cm³/mol. The monoisotopic (exact) mass is 198 g/mol. The topological polar surface area (TPSA) is 25.8 Å². The minimum atomic E-state index is 0.934. The smallest absolute Gasteiger partial charge is 0.0889 e. The van der Waals surface area contributed by atoms with Gasteiger partial charge in [-0.05, 0) is 44.0 Å². The van der Waals surface area contributed by atoms with Crippen molar-refractivity contribution in [3.63, 3.8) is 0 Å². The van der Waals surface area contributed by atoms with Crippen LogP contribution in [0, 0.1) is 20.8 Å². The Morgan fingerprint density at radius 2 is 1.60 bits per heavy atom. The number of hydrogen-bond acceptors (Lipinski definition) is 2. The molecule has 0 aromatic carbocycles. The maximum atomic E-state index is 4.51. The molecule has 0 unspecified atom stereocenters. The van der Waals surface area contributed by atoms with Crippen LogP contribution in [0.25, 0.3) is 11.4 Å². The molecule has 0 amide bonds. The van der Waals surface area contributed by atoms with Gasteiger partial charge in [-0.1, -0.05) is 12.1 Å². The highest BCUT2D eigenvalue weighted by Crippen LogP contribution is 2.16. The van der Waals surface area contributed by atoms with Gasteiger partial charge in [0.15, 0.2) is 0 Å². The molecular weight excluding hydrogens is 184 g/mol. The van der Waals surface area contributed by atoms with E-state index >= 15 is 0 Å². The number of pyridine rings is 2. The van der Waals surface area contributed by atoms with Gasteiger partial charge >= 0.3 is 0 Å². The molecule has 0 fully saturated rings. The van der Waals surface area contributed by atoms with Crippen molar-refractivity contribution in [2.24, 2.45) is 0 Å². The summed E-state index contributed by atoms with van der Waals surface area (Å²) in [5, 5.41) is 0. The van der Waals surface area contributed by atoms with E-state index in [4.69, 9.17) is 0 Å². The number of aryl methyl sites for hydroxylation is 3. The summed E-state index contributed by atoms with van der Waals surface area (Å²) >= 11 is 0. The molecule has 0 aliphatic carbocycles. The van der Waals surface area contributed by atoms with Crippen molar-refractivity contribution in [1.82, 2.24) is 9.97 Å². The number of aromatic nitrogens is 2. The van der Waals surface area contributed by atoms with E-state index in [0.717, 1.165) is 17.1 Å². The molecule has 2 heteroatoms. The van der Waals surface area contributed by atoms with E-state index in [-0.39, 0.29) is 0 Å². The fraction of sp³-hybridized carbons (Fsp3) is 0.231. The van der Waals surface area contributed by atoms with Crippen molar-refractivity contribution in [2.75, 3.05) is 0 Å². The lowest BCUT2D eigenvalue weighted by molar-refractivity contribution is 1.13. The third-order valence-corrected chi connectivity index (χ3v) is 2.52. The van der Waals surface area contributed by atoms with Crippen molar-refractivity contribution >= 4 is 0 Å². The first-order valence-corrected chi connectivity index (χ1v) is 5.04. The van der Waals surface area contributed by atoms with Crippen LogP contribution in [0.2, 0.25) is 0 Å². The molecule has 0 bridgehead atoms. The second-order valence-corrected chi connectivity index (χ2v) is 3.82. The lowest BCUT2D eigenvalue weighted by Crippen LogP contribution is -1.92. The zero-order chi connectivity index (χ0) is 10.8. The highest BCUT2D eigenvalue weighted by molar-refractivity contribution is 5.54. The fourth-order valence-corrected chi connectivity index (χ4v) is 1.39. The van der Waals surface area contributed by atoms with Crippen LogP contribution in [-0.4, -0.2) is 9.97 Å². The summed E-state index contributed by atoms with van der Waals surface area (Å²) in [5.74, 6) is 0. The second kappa shape index (κ2) is 3.81. The molecular formula is C13H14N2. The molecule has 0 saturated carbocycles. The lowest BCUT2D eigenvalue weighted by Gasteiger charge is -2.03. The number of rotatable bonds is 1. The zero-order valence-electron chi connectivity index (χ0n) is 9.28. The zero-order valence-corrected chi connectivity index (χ0v) is 9.28.